The monoisotopic (exact) mass is 445 g/mol. The number of hydrogen-bond donors (Lipinski definition) is 0. The van der Waals surface area contributed by atoms with Gasteiger partial charge in [0.25, 0.3) is 5.78 Å². The van der Waals surface area contributed by atoms with E-state index in [1.165, 1.54) is 7.11 Å². The zero-order valence-corrected chi connectivity index (χ0v) is 19.9. The van der Waals surface area contributed by atoms with E-state index in [4.69, 9.17) is 9.47 Å². The largest absolute Gasteiger partial charge is 0.463 e. The lowest BCUT2D eigenvalue weighted by Crippen LogP contribution is -2.64. The maximum atomic E-state index is 13.4. The lowest BCUT2D eigenvalue weighted by atomic mass is 9.89. The van der Waals surface area contributed by atoms with Crippen LogP contribution in [0.15, 0.2) is 40.4 Å². The Bertz CT molecular complexity index is 945. The predicted octanol–water partition coefficient (Wildman–Crippen LogP) is 2.29. The molecule has 0 aromatic rings. The van der Waals surface area contributed by atoms with Crippen molar-refractivity contribution in [2.45, 2.75) is 64.8 Å². The van der Waals surface area contributed by atoms with Crippen LogP contribution in [0, 0.1) is 0 Å². The van der Waals surface area contributed by atoms with Gasteiger partial charge in [0.15, 0.2) is 6.73 Å². The van der Waals surface area contributed by atoms with E-state index >= 15 is 0 Å². The second-order valence-electron chi connectivity index (χ2n) is 10.3. The quantitative estimate of drug-likeness (QED) is 0.366. The Hall–Kier alpha value is -2.58. The topological polar surface area (TPSA) is 91.3 Å². The van der Waals surface area contributed by atoms with Gasteiger partial charge >= 0.3 is 11.9 Å². The molecule has 0 amide bonds. The Kier molecular flexibility index (Phi) is 6.32. The summed E-state index contributed by atoms with van der Waals surface area (Å²) in [5.74, 6) is -2.10. The third-order valence-corrected chi connectivity index (χ3v) is 5.63. The minimum absolute atomic E-state index is 0.0812. The fraction of sp³-hybridized carbons (Fsp3) is 0.583. The molecule has 1 aliphatic carbocycles. The molecule has 0 fully saturated rings. The third-order valence-electron chi connectivity index (χ3n) is 5.63. The van der Waals surface area contributed by atoms with Gasteiger partial charge in [-0.1, -0.05) is 18.2 Å². The fourth-order valence-electron chi connectivity index (χ4n) is 4.32. The number of Topliss-reactive ketones (excluding diaryl/α,β-unsaturated/α-hetero) is 1. The zero-order chi connectivity index (χ0) is 23.9. The first-order valence-corrected chi connectivity index (χ1v) is 10.8. The number of ether oxygens (including phenoxy) is 3. The van der Waals surface area contributed by atoms with Crippen LogP contribution in [0.4, 0.5) is 0 Å². The summed E-state index contributed by atoms with van der Waals surface area (Å²) in [5, 5.41) is 0. The van der Waals surface area contributed by atoms with Crippen LogP contribution in [0.25, 0.3) is 0 Å². The van der Waals surface area contributed by atoms with Gasteiger partial charge in [-0.15, -0.1) is 0 Å². The van der Waals surface area contributed by atoms with Crippen LogP contribution < -0.4 is 0 Å². The number of allylic oxidation sites excluding steroid dienone is 2. The number of hydrogen-bond acceptors (Lipinski definition) is 7. The number of methoxy groups -OCH3 is 1. The number of carbonyl (C=O) groups is 3. The molecule has 0 spiro atoms. The highest BCUT2D eigenvalue weighted by molar-refractivity contribution is 6.67. The predicted molar refractivity (Wildman–Crippen MR) is 119 cm³/mol. The number of esters is 2. The summed E-state index contributed by atoms with van der Waals surface area (Å²) in [6.07, 6.45) is 7.42. The summed E-state index contributed by atoms with van der Waals surface area (Å²) in [6.45, 7) is 12.3. The summed E-state index contributed by atoms with van der Waals surface area (Å²) < 4.78 is 16.8. The van der Waals surface area contributed by atoms with E-state index in [0.717, 1.165) is 5.57 Å². The van der Waals surface area contributed by atoms with E-state index in [0.29, 0.717) is 12.1 Å². The van der Waals surface area contributed by atoms with E-state index in [1.807, 2.05) is 53.7 Å². The lowest BCUT2D eigenvalue weighted by molar-refractivity contribution is -0.961. The highest BCUT2D eigenvalue weighted by atomic mass is 16.6. The highest BCUT2D eigenvalue weighted by Gasteiger charge is 2.58. The molecule has 0 saturated heterocycles. The molecule has 0 aromatic heterocycles. The molecule has 8 nitrogen and oxygen atoms in total. The number of ketones is 1. The van der Waals surface area contributed by atoms with Crippen molar-refractivity contribution in [2.24, 2.45) is 4.99 Å². The maximum absolute atomic E-state index is 13.4. The maximum Gasteiger partial charge on any atom is 0.381 e. The van der Waals surface area contributed by atoms with Crippen LogP contribution >= 0.6 is 0 Å². The van der Waals surface area contributed by atoms with Crippen molar-refractivity contribution in [1.29, 1.82) is 0 Å². The Morgan fingerprint density at radius 1 is 1.12 bits per heavy atom. The molecule has 0 radical (unpaired) electrons. The number of aliphatic imine (C=N–C) groups is 1. The van der Waals surface area contributed by atoms with Crippen molar-refractivity contribution >= 4 is 23.4 Å². The SMILES string of the molecule is COC(=O)C(=O)C1=NCC[N@@+]2(COC(C)(C)C)C(C(=O)OC(C)(C)C)C=C3C=CC=C1C32. The lowest BCUT2D eigenvalue weighted by Gasteiger charge is -2.45. The summed E-state index contributed by atoms with van der Waals surface area (Å²) in [4.78, 5) is 42.6. The van der Waals surface area contributed by atoms with Crippen molar-refractivity contribution in [2.75, 3.05) is 26.9 Å². The van der Waals surface area contributed by atoms with Gasteiger partial charge in [-0.2, -0.15) is 0 Å². The van der Waals surface area contributed by atoms with Gasteiger partial charge in [0.2, 0.25) is 6.04 Å². The van der Waals surface area contributed by atoms with Crippen LogP contribution in [-0.2, 0) is 28.6 Å². The number of nitrogens with zero attached hydrogens (tertiary/aromatic N) is 2. The van der Waals surface area contributed by atoms with Crippen molar-refractivity contribution in [3.63, 3.8) is 0 Å². The summed E-state index contributed by atoms with van der Waals surface area (Å²) in [7, 11) is 1.17. The number of carbonyl (C=O) groups excluding carboxylic acids is 3. The molecule has 3 atom stereocenters. The molecule has 3 rings (SSSR count). The summed E-state index contributed by atoms with van der Waals surface area (Å²) >= 11 is 0. The molecule has 3 aliphatic rings. The van der Waals surface area contributed by atoms with Crippen LogP contribution in [0.2, 0.25) is 0 Å². The zero-order valence-electron chi connectivity index (χ0n) is 19.9. The molecule has 0 N–H and O–H groups in total. The minimum Gasteiger partial charge on any atom is -0.463 e. The first-order valence-electron chi connectivity index (χ1n) is 10.8. The highest BCUT2D eigenvalue weighted by Crippen LogP contribution is 2.42. The van der Waals surface area contributed by atoms with Gasteiger partial charge in [-0.25, -0.2) is 9.59 Å². The average Bonchev–Trinajstić information content (AvgIpc) is 2.91. The Labute approximate surface area is 189 Å². The molecule has 32 heavy (non-hydrogen) atoms. The Morgan fingerprint density at radius 2 is 1.81 bits per heavy atom. The van der Waals surface area contributed by atoms with E-state index in [9.17, 15) is 14.4 Å². The van der Waals surface area contributed by atoms with Crippen molar-refractivity contribution < 1.29 is 33.1 Å². The molecule has 0 saturated carbocycles. The standard InChI is InChI=1S/C24H33N2O6/c1-23(2,3)31-14-26-12-11-25-18(20(27)22(29)30-7)16-10-8-9-15(19(16)26)13-17(26)21(28)32-24(4,5)6/h8-10,13,17,19H,11-12,14H2,1-7H3/q+1/t17?,19?,26-/m1/s1. The normalized spacial score (nSPS) is 26.9. The fourth-order valence-corrected chi connectivity index (χ4v) is 4.32. The first kappa shape index (κ1) is 24.1. The molecule has 2 heterocycles. The molecule has 2 aliphatic heterocycles. The molecular weight excluding hydrogens is 412 g/mol. The molecule has 8 heteroatoms. The summed E-state index contributed by atoms with van der Waals surface area (Å²) in [5.41, 5.74) is 0.456. The molecule has 0 aromatic carbocycles. The molecule has 2 unspecified atom stereocenters. The Morgan fingerprint density at radius 3 is 2.41 bits per heavy atom. The average molecular weight is 446 g/mol. The van der Waals surface area contributed by atoms with E-state index in [2.05, 4.69) is 9.73 Å². The van der Waals surface area contributed by atoms with Crippen LogP contribution in [-0.4, -0.2) is 78.1 Å². The van der Waals surface area contributed by atoms with Crippen LogP contribution in [0.1, 0.15) is 41.5 Å². The van der Waals surface area contributed by atoms with Gasteiger partial charge in [-0.05, 0) is 47.6 Å². The third kappa shape index (κ3) is 4.61. The van der Waals surface area contributed by atoms with E-state index < -0.39 is 29.0 Å². The summed E-state index contributed by atoms with van der Waals surface area (Å²) in [6, 6.07) is -1.01. The van der Waals surface area contributed by atoms with Crippen molar-refractivity contribution in [1.82, 2.24) is 0 Å². The van der Waals surface area contributed by atoms with Crippen LogP contribution in [0.5, 0.6) is 0 Å². The van der Waals surface area contributed by atoms with Crippen molar-refractivity contribution in [3.8, 4) is 0 Å². The molecule has 0 bridgehead atoms. The van der Waals surface area contributed by atoms with E-state index in [-0.39, 0.29) is 35.5 Å². The van der Waals surface area contributed by atoms with E-state index in [1.54, 1.807) is 12.2 Å². The van der Waals surface area contributed by atoms with Gasteiger partial charge in [-0.3, -0.25) is 14.3 Å². The van der Waals surface area contributed by atoms with Gasteiger partial charge in [0.1, 0.15) is 23.9 Å². The van der Waals surface area contributed by atoms with Gasteiger partial charge in [0, 0.05) is 11.1 Å². The van der Waals surface area contributed by atoms with Gasteiger partial charge in [0.05, 0.1) is 19.3 Å². The van der Waals surface area contributed by atoms with Crippen molar-refractivity contribution in [3.05, 3.63) is 35.5 Å². The second-order valence-corrected chi connectivity index (χ2v) is 10.3. The smallest absolute Gasteiger partial charge is 0.381 e. The minimum atomic E-state index is -0.961. The first-order chi connectivity index (χ1) is 14.8. The Balaban J connectivity index is 2.10. The number of rotatable bonds is 5. The number of quaternary nitrogens is 1. The molecule has 174 valence electrons. The van der Waals surface area contributed by atoms with Gasteiger partial charge < -0.3 is 14.2 Å². The molecular formula is C24H33N2O6+. The second kappa shape index (κ2) is 8.41. The van der Waals surface area contributed by atoms with Crippen LogP contribution in [0.3, 0.4) is 0 Å².